The van der Waals surface area contributed by atoms with E-state index in [1.165, 1.54) is 23.5 Å². The Kier molecular flexibility index (Phi) is 6.69. The molecule has 0 bridgehead atoms. The molecular formula is C17H21ClN4O3S. The Hall–Kier alpha value is -2.03. The van der Waals surface area contributed by atoms with Crippen LogP contribution in [0.15, 0.2) is 29.6 Å². The fourth-order valence-corrected chi connectivity index (χ4v) is 3.82. The third kappa shape index (κ3) is 4.38. The Bertz CT molecular complexity index is 779. The van der Waals surface area contributed by atoms with Gasteiger partial charge in [-0.3, -0.25) is 14.9 Å². The normalized spacial score (nSPS) is 18.1. The number of thiazole rings is 1. The minimum atomic E-state index is -0.439. The number of nitro groups is 1. The Morgan fingerprint density at radius 1 is 1.42 bits per heavy atom. The van der Waals surface area contributed by atoms with E-state index in [9.17, 15) is 14.9 Å². The molecule has 2 heterocycles. The molecule has 3 rings (SSSR count). The van der Waals surface area contributed by atoms with E-state index >= 15 is 0 Å². The monoisotopic (exact) mass is 396 g/mol. The van der Waals surface area contributed by atoms with E-state index < -0.39 is 4.92 Å². The van der Waals surface area contributed by atoms with Gasteiger partial charge in [-0.15, -0.1) is 23.7 Å². The van der Waals surface area contributed by atoms with Gasteiger partial charge in [-0.1, -0.05) is 0 Å². The number of hydrogen-bond acceptors (Lipinski definition) is 6. The number of nitro benzene ring substituents is 1. The van der Waals surface area contributed by atoms with Crippen molar-refractivity contribution in [1.82, 2.24) is 9.88 Å². The van der Waals surface area contributed by atoms with Crippen LogP contribution >= 0.6 is 23.7 Å². The first-order valence-electron chi connectivity index (χ1n) is 8.21. The molecule has 0 radical (unpaired) electrons. The molecule has 2 atom stereocenters. The van der Waals surface area contributed by atoms with Crippen molar-refractivity contribution < 1.29 is 9.72 Å². The lowest BCUT2D eigenvalue weighted by Gasteiger charge is -2.34. The smallest absolute Gasteiger partial charge is 0.273 e. The zero-order valence-corrected chi connectivity index (χ0v) is 16.0. The van der Waals surface area contributed by atoms with E-state index in [1.807, 2.05) is 11.8 Å². The Labute approximate surface area is 161 Å². The fourth-order valence-electron chi connectivity index (χ4n) is 3.02. The number of nitrogens with two attached hydrogens (primary N) is 1. The minimum Gasteiger partial charge on any atom is -0.337 e. The molecule has 1 fully saturated rings. The van der Waals surface area contributed by atoms with Crippen molar-refractivity contribution in [3.63, 3.8) is 0 Å². The van der Waals surface area contributed by atoms with E-state index in [0.29, 0.717) is 23.2 Å². The van der Waals surface area contributed by atoms with Crippen LogP contribution in [0.5, 0.6) is 0 Å². The summed E-state index contributed by atoms with van der Waals surface area (Å²) in [6.07, 6.45) is 2.00. The van der Waals surface area contributed by atoms with E-state index in [0.717, 1.165) is 24.9 Å². The topological polar surface area (TPSA) is 102 Å². The summed E-state index contributed by atoms with van der Waals surface area (Å²) in [5.74, 6) is 0.250. The zero-order chi connectivity index (χ0) is 18.0. The number of amides is 1. The molecule has 140 valence electrons. The van der Waals surface area contributed by atoms with Gasteiger partial charge in [0.1, 0.15) is 10.7 Å². The van der Waals surface area contributed by atoms with Crippen molar-refractivity contribution in [2.24, 2.45) is 11.7 Å². The van der Waals surface area contributed by atoms with Gasteiger partial charge in [0, 0.05) is 42.2 Å². The van der Waals surface area contributed by atoms with Crippen molar-refractivity contribution in [3.8, 4) is 10.6 Å². The molecule has 7 nitrogen and oxygen atoms in total. The summed E-state index contributed by atoms with van der Waals surface area (Å²) in [5.41, 5.74) is 7.20. The number of piperidine rings is 1. The summed E-state index contributed by atoms with van der Waals surface area (Å²) in [5, 5.41) is 13.1. The first kappa shape index (κ1) is 20.3. The lowest BCUT2D eigenvalue weighted by molar-refractivity contribution is -0.384. The maximum Gasteiger partial charge on any atom is 0.273 e. The summed E-state index contributed by atoms with van der Waals surface area (Å²) in [4.78, 5) is 29.2. The predicted octanol–water partition coefficient (Wildman–Crippen LogP) is 3.34. The molecule has 1 aliphatic rings. The SMILES string of the molecule is CC(N)C1CCCN(C(=O)c2csc(-c3ccc([N+](=O)[O-])cc3)n2)C1.Cl. The Balaban J connectivity index is 0.00000243. The van der Waals surface area contributed by atoms with Crippen molar-refractivity contribution in [1.29, 1.82) is 0 Å². The van der Waals surface area contributed by atoms with Gasteiger partial charge in [0.15, 0.2) is 0 Å². The van der Waals surface area contributed by atoms with Crippen molar-refractivity contribution in [2.75, 3.05) is 13.1 Å². The highest BCUT2D eigenvalue weighted by atomic mass is 35.5. The first-order chi connectivity index (χ1) is 12.0. The van der Waals surface area contributed by atoms with Crippen LogP contribution in [0.4, 0.5) is 5.69 Å². The van der Waals surface area contributed by atoms with Gasteiger partial charge in [0.25, 0.3) is 11.6 Å². The maximum atomic E-state index is 12.7. The Morgan fingerprint density at radius 3 is 2.73 bits per heavy atom. The van der Waals surface area contributed by atoms with Crippen molar-refractivity contribution >= 4 is 35.3 Å². The molecule has 9 heteroatoms. The second-order valence-corrected chi connectivity index (χ2v) is 7.21. The highest BCUT2D eigenvalue weighted by Crippen LogP contribution is 2.27. The molecule has 1 aliphatic heterocycles. The molecule has 2 aromatic rings. The van der Waals surface area contributed by atoms with Crippen LogP contribution in [0.1, 0.15) is 30.3 Å². The summed E-state index contributed by atoms with van der Waals surface area (Å²) in [6.45, 7) is 3.38. The molecule has 1 aromatic heterocycles. The number of hydrogen-bond donors (Lipinski definition) is 1. The lowest BCUT2D eigenvalue weighted by atomic mass is 9.92. The minimum absolute atomic E-state index is 0. The highest BCUT2D eigenvalue weighted by molar-refractivity contribution is 7.13. The molecular weight excluding hydrogens is 376 g/mol. The summed E-state index contributed by atoms with van der Waals surface area (Å²) in [6, 6.07) is 6.25. The van der Waals surface area contributed by atoms with Crippen LogP contribution in [0.2, 0.25) is 0 Å². The molecule has 1 aromatic carbocycles. The number of rotatable bonds is 4. The second-order valence-electron chi connectivity index (χ2n) is 6.35. The van der Waals surface area contributed by atoms with Crippen LogP contribution in [-0.4, -0.2) is 39.8 Å². The number of nitrogens with zero attached hydrogens (tertiary/aromatic N) is 3. The molecule has 0 saturated carbocycles. The number of aromatic nitrogens is 1. The van der Waals surface area contributed by atoms with E-state index in [2.05, 4.69) is 4.98 Å². The van der Waals surface area contributed by atoms with E-state index in [-0.39, 0.29) is 30.0 Å². The molecule has 0 aliphatic carbocycles. The van der Waals surface area contributed by atoms with Crippen LogP contribution in [0.3, 0.4) is 0 Å². The number of benzene rings is 1. The van der Waals surface area contributed by atoms with Gasteiger partial charge >= 0.3 is 0 Å². The number of carbonyl (C=O) groups excluding carboxylic acids is 1. The summed E-state index contributed by atoms with van der Waals surface area (Å²) >= 11 is 1.36. The molecule has 2 N–H and O–H groups in total. The predicted molar refractivity (Wildman–Crippen MR) is 104 cm³/mol. The molecule has 1 amide bonds. The van der Waals surface area contributed by atoms with Gasteiger partial charge in [-0.25, -0.2) is 4.98 Å². The molecule has 0 spiro atoms. The number of carbonyl (C=O) groups is 1. The van der Waals surface area contributed by atoms with Crippen LogP contribution in [0, 0.1) is 16.0 Å². The number of non-ortho nitro benzene ring substituents is 1. The number of halogens is 1. The Morgan fingerprint density at radius 2 is 2.12 bits per heavy atom. The average molecular weight is 397 g/mol. The van der Waals surface area contributed by atoms with Crippen molar-refractivity contribution in [3.05, 3.63) is 45.5 Å². The highest BCUT2D eigenvalue weighted by Gasteiger charge is 2.27. The molecule has 1 saturated heterocycles. The van der Waals surface area contributed by atoms with Crippen LogP contribution in [0.25, 0.3) is 10.6 Å². The number of likely N-dealkylation sites (tertiary alicyclic amines) is 1. The van der Waals surface area contributed by atoms with Crippen LogP contribution < -0.4 is 5.73 Å². The van der Waals surface area contributed by atoms with Gasteiger partial charge in [-0.05, 0) is 37.8 Å². The molecule has 26 heavy (non-hydrogen) atoms. The second kappa shape index (κ2) is 8.57. The zero-order valence-electron chi connectivity index (χ0n) is 14.3. The van der Waals surface area contributed by atoms with Crippen LogP contribution in [-0.2, 0) is 0 Å². The standard InChI is InChI=1S/C17H20N4O3S.ClH/c1-11(18)13-3-2-8-20(9-13)17(22)15-10-25-16(19-15)12-4-6-14(7-5-12)21(23)24;/h4-7,10-11,13H,2-3,8-9,18H2,1H3;1H. The van der Waals surface area contributed by atoms with Crippen molar-refractivity contribution in [2.45, 2.75) is 25.8 Å². The van der Waals surface area contributed by atoms with E-state index in [1.54, 1.807) is 17.5 Å². The third-order valence-corrected chi connectivity index (χ3v) is 5.43. The van der Waals surface area contributed by atoms with Gasteiger partial charge in [0.05, 0.1) is 4.92 Å². The molecule has 2 unspecified atom stereocenters. The summed E-state index contributed by atoms with van der Waals surface area (Å²) < 4.78 is 0. The largest absolute Gasteiger partial charge is 0.337 e. The quantitative estimate of drug-likeness (QED) is 0.630. The first-order valence-corrected chi connectivity index (χ1v) is 9.09. The maximum absolute atomic E-state index is 12.7. The fraction of sp³-hybridized carbons (Fsp3) is 0.412. The average Bonchev–Trinajstić information content (AvgIpc) is 3.11. The van der Waals surface area contributed by atoms with Gasteiger partial charge < -0.3 is 10.6 Å². The van der Waals surface area contributed by atoms with E-state index in [4.69, 9.17) is 5.73 Å². The van der Waals surface area contributed by atoms with Gasteiger partial charge in [-0.2, -0.15) is 0 Å². The summed E-state index contributed by atoms with van der Waals surface area (Å²) in [7, 11) is 0. The lowest BCUT2D eigenvalue weighted by Crippen LogP contribution is -2.45. The van der Waals surface area contributed by atoms with Gasteiger partial charge in [0.2, 0.25) is 0 Å². The third-order valence-electron chi connectivity index (χ3n) is 4.54.